The van der Waals surface area contributed by atoms with Crippen LogP contribution in [-0.4, -0.2) is 51.3 Å². The Hall–Kier alpha value is -2.09. The van der Waals surface area contributed by atoms with Crippen molar-refractivity contribution in [1.82, 2.24) is 4.90 Å². The fourth-order valence-corrected chi connectivity index (χ4v) is 1.77. The average molecular weight is 318 g/mol. The van der Waals surface area contributed by atoms with Gasteiger partial charge in [0.25, 0.3) is 5.91 Å². The van der Waals surface area contributed by atoms with Crippen LogP contribution in [0.5, 0.6) is 17.2 Å². The zero-order valence-corrected chi connectivity index (χ0v) is 12.9. The molecule has 1 aromatic rings. The van der Waals surface area contributed by atoms with E-state index in [0.29, 0.717) is 6.54 Å². The lowest BCUT2D eigenvalue weighted by Gasteiger charge is -2.24. The number of carbonyl (C=O) groups excluding carboxylic acids is 1. The number of alkyl halides is 2. The van der Waals surface area contributed by atoms with Crippen molar-refractivity contribution in [3.63, 3.8) is 0 Å². The van der Waals surface area contributed by atoms with E-state index in [1.807, 2.05) is 0 Å². The van der Waals surface area contributed by atoms with Crippen molar-refractivity contribution in [2.24, 2.45) is 5.73 Å². The van der Waals surface area contributed by atoms with Gasteiger partial charge in [0.2, 0.25) is 5.75 Å². The third kappa shape index (κ3) is 3.97. The average Bonchev–Trinajstić information content (AvgIpc) is 2.52. The molecule has 0 aromatic heterocycles. The number of benzene rings is 1. The predicted molar refractivity (Wildman–Crippen MR) is 76.8 cm³/mol. The molecule has 1 aromatic carbocycles. The number of halogens is 2. The van der Waals surface area contributed by atoms with E-state index in [-0.39, 0.29) is 34.8 Å². The highest BCUT2D eigenvalue weighted by atomic mass is 19.3. The summed E-state index contributed by atoms with van der Waals surface area (Å²) in [6.45, 7) is -0.951. The molecule has 2 N–H and O–H groups in total. The Kier molecular flexibility index (Phi) is 6.36. The molecule has 0 heterocycles. The zero-order chi connectivity index (χ0) is 16.9. The first-order valence-corrected chi connectivity index (χ1v) is 6.53. The first kappa shape index (κ1) is 18.0. The van der Waals surface area contributed by atoms with Gasteiger partial charge in [0, 0.05) is 25.2 Å². The molecule has 8 heteroatoms. The minimum atomic E-state index is -3.04. The molecule has 1 unspecified atom stereocenters. The molecule has 0 radical (unpaired) electrons. The van der Waals surface area contributed by atoms with Gasteiger partial charge in [0.05, 0.1) is 14.2 Å². The van der Waals surface area contributed by atoms with Crippen LogP contribution in [-0.2, 0) is 0 Å². The standard InChI is InChI=1S/C14H20F2N2O4/c1-8(7-17)18(2)13(19)9-5-10(20-3)12(22-14(15)16)11(6-9)21-4/h5-6,8,14H,7,17H2,1-4H3. The molecule has 0 spiro atoms. The highest BCUT2D eigenvalue weighted by molar-refractivity contribution is 5.95. The molecule has 22 heavy (non-hydrogen) atoms. The van der Waals surface area contributed by atoms with E-state index in [9.17, 15) is 13.6 Å². The van der Waals surface area contributed by atoms with Crippen LogP contribution in [0.1, 0.15) is 17.3 Å². The number of hydrogen-bond acceptors (Lipinski definition) is 5. The third-order valence-electron chi connectivity index (χ3n) is 3.24. The number of nitrogens with two attached hydrogens (primary N) is 1. The van der Waals surface area contributed by atoms with Crippen molar-refractivity contribution in [2.75, 3.05) is 27.8 Å². The lowest BCUT2D eigenvalue weighted by molar-refractivity contribution is -0.0526. The molecule has 124 valence electrons. The van der Waals surface area contributed by atoms with E-state index >= 15 is 0 Å². The third-order valence-corrected chi connectivity index (χ3v) is 3.24. The minimum absolute atomic E-state index is 0.0169. The molecule has 0 aliphatic rings. The predicted octanol–water partition coefficient (Wildman–Crippen LogP) is 1.72. The van der Waals surface area contributed by atoms with Gasteiger partial charge in [0.1, 0.15) is 0 Å². The SMILES string of the molecule is COc1cc(C(=O)N(C)C(C)CN)cc(OC)c1OC(F)F. The topological polar surface area (TPSA) is 74.0 Å². The van der Waals surface area contributed by atoms with Crippen LogP contribution in [0.3, 0.4) is 0 Å². The van der Waals surface area contributed by atoms with Gasteiger partial charge in [-0.2, -0.15) is 8.78 Å². The summed E-state index contributed by atoms with van der Waals surface area (Å²) in [7, 11) is 4.17. The Morgan fingerprint density at radius 1 is 1.27 bits per heavy atom. The molecule has 0 aliphatic heterocycles. The first-order valence-electron chi connectivity index (χ1n) is 6.53. The van der Waals surface area contributed by atoms with Gasteiger partial charge >= 0.3 is 6.61 Å². The summed E-state index contributed by atoms with van der Waals surface area (Å²) in [5.74, 6) is -0.627. The van der Waals surface area contributed by atoms with Gasteiger partial charge in [-0.1, -0.05) is 0 Å². The molecule has 0 aliphatic carbocycles. The number of ether oxygens (including phenoxy) is 3. The minimum Gasteiger partial charge on any atom is -0.493 e. The molecular weight excluding hydrogens is 298 g/mol. The van der Waals surface area contributed by atoms with E-state index < -0.39 is 6.61 Å². The largest absolute Gasteiger partial charge is 0.493 e. The molecule has 0 bridgehead atoms. The lowest BCUT2D eigenvalue weighted by Crippen LogP contribution is -2.39. The molecule has 0 saturated carbocycles. The summed E-state index contributed by atoms with van der Waals surface area (Å²) in [4.78, 5) is 13.8. The van der Waals surface area contributed by atoms with Gasteiger partial charge in [0.15, 0.2) is 11.5 Å². The second kappa shape index (κ2) is 7.79. The Balaban J connectivity index is 3.26. The van der Waals surface area contributed by atoms with Crippen molar-refractivity contribution in [3.8, 4) is 17.2 Å². The van der Waals surface area contributed by atoms with Crippen LogP contribution in [0.2, 0.25) is 0 Å². The Bertz CT molecular complexity index is 501. The molecular formula is C14H20F2N2O4. The first-order chi connectivity index (χ1) is 10.3. The van der Waals surface area contributed by atoms with Crippen molar-refractivity contribution in [1.29, 1.82) is 0 Å². The van der Waals surface area contributed by atoms with Crippen molar-refractivity contribution in [2.45, 2.75) is 19.6 Å². The monoisotopic (exact) mass is 318 g/mol. The van der Waals surface area contributed by atoms with E-state index in [1.165, 1.54) is 31.3 Å². The number of methoxy groups -OCH3 is 2. The van der Waals surface area contributed by atoms with Gasteiger partial charge in [-0.15, -0.1) is 0 Å². The van der Waals surface area contributed by atoms with Crippen molar-refractivity contribution < 1.29 is 27.8 Å². The van der Waals surface area contributed by atoms with Gasteiger partial charge in [-0.3, -0.25) is 4.79 Å². The number of rotatable bonds is 7. The lowest BCUT2D eigenvalue weighted by atomic mass is 10.1. The van der Waals surface area contributed by atoms with E-state index in [4.69, 9.17) is 15.2 Å². The molecule has 6 nitrogen and oxygen atoms in total. The molecule has 1 amide bonds. The van der Waals surface area contributed by atoms with E-state index in [2.05, 4.69) is 4.74 Å². The fraction of sp³-hybridized carbons (Fsp3) is 0.500. The fourth-order valence-electron chi connectivity index (χ4n) is 1.77. The van der Waals surface area contributed by atoms with Gasteiger partial charge in [-0.05, 0) is 19.1 Å². The smallest absolute Gasteiger partial charge is 0.387 e. The molecule has 0 saturated heterocycles. The number of amides is 1. The highest BCUT2D eigenvalue weighted by Gasteiger charge is 2.23. The Morgan fingerprint density at radius 2 is 1.77 bits per heavy atom. The second-order valence-electron chi connectivity index (χ2n) is 4.59. The Morgan fingerprint density at radius 3 is 2.14 bits per heavy atom. The highest BCUT2D eigenvalue weighted by Crippen LogP contribution is 2.39. The summed E-state index contributed by atoms with van der Waals surface area (Å²) in [6, 6.07) is 2.46. The van der Waals surface area contributed by atoms with Gasteiger partial charge in [-0.25, -0.2) is 0 Å². The van der Waals surface area contributed by atoms with Crippen LogP contribution in [0, 0.1) is 0 Å². The summed E-state index contributed by atoms with van der Waals surface area (Å²) < 4.78 is 39.4. The second-order valence-corrected chi connectivity index (χ2v) is 4.59. The molecule has 1 atom stereocenters. The molecule has 1 rings (SSSR count). The summed E-state index contributed by atoms with van der Waals surface area (Å²) in [6.07, 6.45) is 0. The maximum atomic E-state index is 12.5. The molecule has 0 fully saturated rings. The van der Waals surface area contributed by atoms with Crippen LogP contribution >= 0.6 is 0 Å². The van der Waals surface area contributed by atoms with Crippen LogP contribution in [0.15, 0.2) is 12.1 Å². The van der Waals surface area contributed by atoms with Crippen LogP contribution < -0.4 is 19.9 Å². The van der Waals surface area contributed by atoms with Crippen LogP contribution in [0.25, 0.3) is 0 Å². The Labute approximate surface area is 127 Å². The quantitative estimate of drug-likeness (QED) is 0.829. The van der Waals surface area contributed by atoms with Crippen LogP contribution in [0.4, 0.5) is 8.78 Å². The number of nitrogens with zero attached hydrogens (tertiary/aromatic N) is 1. The zero-order valence-electron chi connectivity index (χ0n) is 12.9. The summed E-state index contributed by atoms with van der Waals surface area (Å²) in [5, 5.41) is 0. The summed E-state index contributed by atoms with van der Waals surface area (Å²) in [5.41, 5.74) is 5.75. The maximum Gasteiger partial charge on any atom is 0.387 e. The van der Waals surface area contributed by atoms with Crippen molar-refractivity contribution >= 4 is 5.91 Å². The number of hydrogen-bond donors (Lipinski definition) is 1. The number of likely N-dealkylation sites (N-methyl/N-ethyl adjacent to an activating group) is 1. The van der Waals surface area contributed by atoms with Gasteiger partial charge < -0.3 is 24.8 Å². The number of carbonyl (C=O) groups is 1. The normalized spacial score (nSPS) is 12.0. The van der Waals surface area contributed by atoms with E-state index in [1.54, 1.807) is 14.0 Å². The maximum absolute atomic E-state index is 12.5. The van der Waals surface area contributed by atoms with Crippen molar-refractivity contribution in [3.05, 3.63) is 17.7 Å². The van der Waals surface area contributed by atoms with E-state index in [0.717, 1.165) is 0 Å². The summed E-state index contributed by atoms with van der Waals surface area (Å²) >= 11 is 0.